The van der Waals surface area contributed by atoms with Crippen molar-refractivity contribution >= 4 is 0 Å². The van der Waals surface area contributed by atoms with Gasteiger partial charge in [-0.15, -0.1) is 0 Å². The second-order valence-electron chi connectivity index (χ2n) is 6.76. The fraction of sp³-hybridized carbons (Fsp3) is 1.00. The van der Waals surface area contributed by atoms with E-state index in [1.807, 2.05) is 0 Å². The molecule has 0 spiro atoms. The van der Waals surface area contributed by atoms with E-state index < -0.39 is 0 Å². The predicted molar refractivity (Wildman–Crippen MR) is 69.2 cm³/mol. The summed E-state index contributed by atoms with van der Waals surface area (Å²) < 4.78 is 0. The van der Waals surface area contributed by atoms with Crippen LogP contribution in [0.2, 0.25) is 0 Å². The summed E-state index contributed by atoms with van der Waals surface area (Å²) in [6, 6.07) is 0. The van der Waals surface area contributed by atoms with Crippen LogP contribution in [0.4, 0.5) is 0 Å². The molecule has 0 N–H and O–H groups in total. The van der Waals surface area contributed by atoms with Crippen molar-refractivity contribution in [1.82, 2.24) is 0 Å². The van der Waals surface area contributed by atoms with Gasteiger partial charge in [0.05, 0.1) is 0 Å². The Morgan fingerprint density at radius 1 is 0.812 bits per heavy atom. The van der Waals surface area contributed by atoms with Gasteiger partial charge in [-0.3, -0.25) is 0 Å². The van der Waals surface area contributed by atoms with Gasteiger partial charge in [-0.1, -0.05) is 46.0 Å². The Bertz CT molecular complexity index is 244. The minimum absolute atomic E-state index is 1.10. The van der Waals surface area contributed by atoms with Crippen molar-refractivity contribution < 1.29 is 0 Å². The van der Waals surface area contributed by atoms with Gasteiger partial charge < -0.3 is 0 Å². The molecule has 0 saturated heterocycles. The second kappa shape index (κ2) is 4.35. The highest BCUT2D eigenvalue weighted by molar-refractivity contribution is 5.01. The second-order valence-corrected chi connectivity index (χ2v) is 6.76. The molecule has 3 saturated carbocycles. The highest BCUT2D eigenvalue weighted by Gasteiger charge is 2.52. The highest BCUT2D eigenvalue weighted by Crippen LogP contribution is 2.60. The third-order valence-corrected chi connectivity index (χ3v) is 6.34. The lowest BCUT2D eigenvalue weighted by Crippen LogP contribution is -2.23. The standard InChI is InChI=1S/C16H28/c1-3-11-9-12(4-2)16-14-8-6-5-7-13(14)10-15(11)16/h11-16H,3-10H2,1-2H3. The fourth-order valence-corrected chi connectivity index (χ4v) is 5.69. The first-order valence-corrected chi connectivity index (χ1v) is 7.85. The van der Waals surface area contributed by atoms with Crippen LogP contribution in [0.1, 0.15) is 65.2 Å². The molecule has 0 radical (unpaired) electrons. The maximum absolute atomic E-state index is 2.44. The molecule has 0 amide bonds. The van der Waals surface area contributed by atoms with E-state index in [9.17, 15) is 0 Å². The van der Waals surface area contributed by atoms with Crippen LogP contribution in [0, 0.1) is 35.5 Å². The van der Waals surface area contributed by atoms with Crippen molar-refractivity contribution in [3.05, 3.63) is 0 Å². The van der Waals surface area contributed by atoms with Crippen LogP contribution in [0.15, 0.2) is 0 Å². The van der Waals surface area contributed by atoms with E-state index in [0.717, 1.165) is 35.5 Å². The molecule has 16 heavy (non-hydrogen) atoms. The fourth-order valence-electron chi connectivity index (χ4n) is 5.69. The van der Waals surface area contributed by atoms with E-state index in [-0.39, 0.29) is 0 Å². The van der Waals surface area contributed by atoms with Gasteiger partial charge in [0, 0.05) is 0 Å². The normalized spacial score (nSPS) is 51.4. The summed E-state index contributed by atoms with van der Waals surface area (Å²) in [4.78, 5) is 0. The molecular formula is C16H28. The van der Waals surface area contributed by atoms with Crippen molar-refractivity contribution in [2.75, 3.05) is 0 Å². The number of hydrogen-bond donors (Lipinski definition) is 0. The summed E-state index contributed by atoms with van der Waals surface area (Å²) in [5.41, 5.74) is 0. The van der Waals surface area contributed by atoms with Crippen LogP contribution >= 0.6 is 0 Å². The molecule has 3 aliphatic carbocycles. The molecule has 0 heteroatoms. The third kappa shape index (κ3) is 1.56. The van der Waals surface area contributed by atoms with E-state index in [2.05, 4.69) is 13.8 Å². The van der Waals surface area contributed by atoms with E-state index in [1.165, 1.54) is 25.7 Å². The van der Waals surface area contributed by atoms with Crippen LogP contribution < -0.4 is 0 Å². The summed E-state index contributed by atoms with van der Waals surface area (Å²) in [6.45, 7) is 4.87. The van der Waals surface area contributed by atoms with Crippen molar-refractivity contribution in [2.24, 2.45) is 35.5 Å². The van der Waals surface area contributed by atoms with Gasteiger partial charge in [0.2, 0.25) is 0 Å². The minimum atomic E-state index is 1.10. The lowest BCUT2D eigenvalue weighted by Gasteiger charge is -2.31. The molecule has 0 nitrogen and oxygen atoms in total. The molecule has 3 fully saturated rings. The molecule has 0 aromatic carbocycles. The van der Waals surface area contributed by atoms with Gasteiger partial charge in [-0.05, 0) is 54.8 Å². The average molecular weight is 220 g/mol. The molecule has 3 aliphatic rings. The Labute approximate surface area is 101 Å². The molecule has 6 atom stereocenters. The molecule has 0 aromatic rings. The summed E-state index contributed by atoms with van der Waals surface area (Å²) in [5.74, 6) is 6.79. The first-order valence-electron chi connectivity index (χ1n) is 7.85. The quantitative estimate of drug-likeness (QED) is 0.622. The van der Waals surface area contributed by atoms with Gasteiger partial charge in [-0.2, -0.15) is 0 Å². The van der Waals surface area contributed by atoms with Gasteiger partial charge in [0.25, 0.3) is 0 Å². The molecule has 6 unspecified atom stereocenters. The Morgan fingerprint density at radius 3 is 2.31 bits per heavy atom. The lowest BCUT2D eigenvalue weighted by molar-refractivity contribution is 0.182. The Kier molecular flexibility index (Phi) is 3.02. The van der Waals surface area contributed by atoms with Crippen molar-refractivity contribution in [3.63, 3.8) is 0 Å². The molecule has 0 heterocycles. The number of rotatable bonds is 2. The van der Waals surface area contributed by atoms with Crippen LogP contribution in [0.25, 0.3) is 0 Å². The molecule has 0 aromatic heterocycles. The summed E-state index contributed by atoms with van der Waals surface area (Å²) in [6.07, 6.45) is 12.3. The number of fused-ring (bicyclic) bond motifs is 3. The van der Waals surface area contributed by atoms with Gasteiger partial charge in [0.1, 0.15) is 0 Å². The molecule has 0 aliphatic heterocycles. The monoisotopic (exact) mass is 220 g/mol. The summed E-state index contributed by atoms with van der Waals surface area (Å²) in [7, 11) is 0. The Morgan fingerprint density at radius 2 is 1.56 bits per heavy atom. The van der Waals surface area contributed by atoms with Gasteiger partial charge >= 0.3 is 0 Å². The van der Waals surface area contributed by atoms with E-state index in [0.29, 0.717) is 0 Å². The smallest absolute Gasteiger partial charge is 0.0324 e. The SMILES string of the molecule is CCC1CC(CC)C2C3CCCCC3CC12. The largest absolute Gasteiger partial charge is 0.0651 e. The minimum Gasteiger partial charge on any atom is -0.0651 e. The van der Waals surface area contributed by atoms with Crippen LogP contribution in [0.5, 0.6) is 0 Å². The zero-order valence-electron chi connectivity index (χ0n) is 11.1. The highest BCUT2D eigenvalue weighted by atomic mass is 14.6. The third-order valence-electron chi connectivity index (χ3n) is 6.34. The topological polar surface area (TPSA) is 0 Å². The number of hydrogen-bond acceptors (Lipinski definition) is 0. The van der Waals surface area contributed by atoms with E-state index in [4.69, 9.17) is 0 Å². The zero-order valence-corrected chi connectivity index (χ0v) is 11.1. The Balaban J connectivity index is 1.81. The van der Waals surface area contributed by atoms with Gasteiger partial charge in [0.15, 0.2) is 0 Å². The van der Waals surface area contributed by atoms with Crippen LogP contribution in [0.3, 0.4) is 0 Å². The first-order chi connectivity index (χ1) is 7.85. The average Bonchev–Trinajstić information content (AvgIpc) is 2.85. The first kappa shape index (κ1) is 11.1. The Hall–Kier alpha value is 0. The maximum atomic E-state index is 2.44. The zero-order chi connectivity index (χ0) is 11.1. The predicted octanol–water partition coefficient (Wildman–Crippen LogP) is 4.89. The molecule has 3 rings (SSSR count). The van der Waals surface area contributed by atoms with E-state index in [1.54, 1.807) is 25.7 Å². The van der Waals surface area contributed by atoms with E-state index >= 15 is 0 Å². The lowest BCUT2D eigenvalue weighted by atomic mass is 9.74. The molecular weight excluding hydrogens is 192 g/mol. The molecule has 0 bridgehead atoms. The molecule has 92 valence electrons. The van der Waals surface area contributed by atoms with Crippen molar-refractivity contribution in [1.29, 1.82) is 0 Å². The summed E-state index contributed by atoms with van der Waals surface area (Å²) >= 11 is 0. The van der Waals surface area contributed by atoms with Crippen molar-refractivity contribution in [3.8, 4) is 0 Å². The summed E-state index contributed by atoms with van der Waals surface area (Å²) in [5, 5.41) is 0. The van der Waals surface area contributed by atoms with Gasteiger partial charge in [-0.25, -0.2) is 0 Å². The van der Waals surface area contributed by atoms with Crippen molar-refractivity contribution in [2.45, 2.75) is 65.2 Å². The maximum Gasteiger partial charge on any atom is -0.0324 e. The van der Waals surface area contributed by atoms with Crippen LogP contribution in [-0.2, 0) is 0 Å². The van der Waals surface area contributed by atoms with Crippen LogP contribution in [-0.4, -0.2) is 0 Å².